The first kappa shape index (κ1) is 27.5. The zero-order valence-electron chi connectivity index (χ0n) is 25.3. The Hall–Kier alpha value is -4.32. The molecule has 7 rings (SSSR count). The van der Waals surface area contributed by atoms with Crippen molar-refractivity contribution >= 4 is 66.7 Å². The highest BCUT2D eigenvalue weighted by Crippen LogP contribution is 2.46. The lowest BCUT2D eigenvalue weighted by Gasteiger charge is -2.30. The van der Waals surface area contributed by atoms with Gasteiger partial charge in [0.15, 0.2) is 0 Å². The van der Waals surface area contributed by atoms with Crippen molar-refractivity contribution in [3.63, 3.8) is 0 Å². The van der Waals surface area contributed by atoms with E-state index in [0.717, 1.165) is 64.4 Å². The number of rotatable bonds is 8. The van der Waals surface area contributed by atoms with E-state index in [2.05, 4.69) is 20.8 Å². The fourth-order valence-electron chi connectivity index (χ4n) is 7.28. The number of carbonyl (C=O) groups excluding carboxylic acids is 4. The van der Waals surface area contributed by atoms with Crippen LogP contribution >= 0.6 is 0 Å². The predicted molar refractivity (Wildman–Crippen MR) is 171 cm³/mol. The summed E-state index contributed by atoms with van der Waals surface area (Å²) in [5.41, 5.74) is 2.50. The number of benzene rings is 5. The largest absolute Gasteiger partial charge is 0.274 e. The average molecular weight is 573 g/mol. The number of hydrogen-bond donors (Lipinski definition) is 0. The molecule has 0 N–H and O–H groups in total. The van der Waals surface area contributed by atoms with Gasteiger partial charge >= 0.3 is 0 Å². The molecule has 0 saturated heterocycles. The molecule has 0 bridgehead atoms. The Morgan fingerprint density at radius 2 is 0.860 bits per heavy atom. The highest BCUT2D eigenvalue weighted by molar-refractivity contribution is 6.41. The van der Waals surface area contributed by atoms with Crippen LogP contribution in [-0.2, 0) is 0 Å². The minimum atomic E-state index is -0.260. The van der Waals surface area contributed by atoms with Crippen LogP contribution in [0.15, 0.2) is 48.5 Å². The molecule has 0 unspecified atom stereocenters. The van der Waals surface area contributed by atoms with Crippen molar-refractivity contribution in [3.05, 3.63) is 70.8 Å². The van der Waals surface area contributed by atoms with Crippen LogP contribution in [-0.4, -0.2) is 46.5 Å². The van der Waals surface area contributed by atoms with Crippen LogP contribution in [0.4, 0.5) is 0 Å². The zero-order chi connectivity index (χ0) is 30.2. The third-order valence-electron chi connectivity index (χ3n) is 9.31. The van der Waals surface area contributed by atoms with Crippen LogP contribution in [0.2, 0.25) is 0 Å². The summed E-state index contributed by atoms with van der Waals surface area (Å²) in [7, 11) is 0. The lowest BCUT2D eigenvalue weighted by atomic mass is 9.82. The van der Waals surface area contributed by atoms with Gasteiger partial charge in [-0.3, -0.25) is 29.0 Å². The van der Waals surface area contributed by atoms with Crippen molar-refractivity contribution in [1.82, 2.24) is 9.80 Å². The van der Waals surface area contributed by atoms with Crippen LogP contribution in [0.3, 0.4) is 0 Å². The molecule has 5 aromatic carbocycles. The fraction of sp³-hybridized carbons (Fsp3) is 0.351. The Bertz CT molecular complexity index is 1900. The molecule has 2 aliphatic rings. The van der Waals surface area contributed by atoms with Crippen molar-refractivity contribution in [2.45, 2.75) is 66.2 Å². The van der Waals surface area contributed by atoms with Crippen molar-refractivity contribution in [1.29, 1.82) is 0 Å². The molecule has 0 atom stereocenters. The molecule has 0 spiro atoms. The van der Waals surface area contributed by atoms with Gasteiger partial charge in [-0.2, -0.15) is 0 Å². The van der Waals surface area contributed by atoms with E-state index in [4.69, 9.17) is 0 Å². The molecule has 2 heterocycles. The highest BCUT2D eigenvalue weighted by Gasteiger charge is 2.36. The van der Waals surface area contributed by atoms with Crippen molar-refractivity contribution in [2.24, 2.45) is 5.41 Å². The Kier molecular flexibility index (Phi) is 6.31. The first-order chi connectivity index (χ1) is 20.6. The van der Waals surface area contributed by atoms with Gasteiger partial charge in [-0.1, -0.05) is 71.2 Å². The minimum Gasteiger partial charge on any atom is -0.274 e. The number of amides is 4. The van der Waals surface area contributed by atoms with Gasteiger partial charge in [0.2, 0.25) is 0 Å². The molecule has 5 aromatic rings. The van der Waals surface area contributed by atoms with Gasteiger partial charge in [-0.15, -0.1) is 0 Å². The Labute approximate surface area is 250 Å². The van der Waals surface area contributed by atoms with Crippen LogP contribution in [0.25, 0.3) is 43.1 Å². The van der Waals surface area contributed by atoms with Crippen LogP contribution in [0.1, 0.15) is 108 Å². The SMILES string of the molecule is CCCN1C(=O)c2ccc3c4ccc5c6c(ccc(c7ccc(c2c37)C1=O)c64)C(=O)N(CCCCCCC(C)(C)C)C5=O. The van der Waals surface area contributed by atoms with Gasteiger partial charge in [0.25, 0.3) is 23.6 Å². The molecule has 6 nitrogen and oxygen atoms in total. The third-order valence-corrected chi connectivity index (χ3v) is 9.31. The average Bonchev–Trinajstić information content (AvgIpc) is 2.98. The van der Waals surface area contributed by atoms with E-state index in [1.165, 1.54) is 9.80 Å². The fourth-order valence-corrected chi connectivity index (χ4v) is 7.28. The minimum absolute atomic E-state index is 0.237. The normalized spacial score (nSPS) is 15.3. The number of imide groups is 2. The van der Waals surface area contributed by atoms with Gasteiger partial charge in [0.1, 0.15) is 0 Å². The van der Waals surface area contributed by atoms with Crippen molar-refractivity contribution < 1.29 is 19.2 Å². The summed E-state index contributed by atoms with van der Waals surface area (Å²) >= 11 is 0. The molecule has 0 fully saturated rings. The summed E-state index contributed by atoms with van der Waals surface area (Å²) in [5.74, 6) is -0.993. The molecule has 218 valence electrons. The van der Waals surface area contributed by atoms with E-state index in [1.54, 1.807) is 0 Å². The second kappa shape index (κ2) is 9.87. The Morgan fingerprint density at radius 3 is 1.23 bits per heavy atom. The summed E-state index contributed by atoms with van der Waals surface area (Å²) < 4.78 is 0. The van der Waals surface area contributed by atoms with Crippen molar-refractivity contribution in [2.75, 3.05) is 13.1 Å². The third kappa shape index (κ3) is 4.06. The first-order valence-corrected chi connectivity index (χ1v) is 15.5. The standard InChI is InChI=1S/C37H36N2O4/c1-5-19-38-33(40)25-14-10-21-23-12-16-27-32-28(36(43)39(35(27)42)20-9-7-6-8-18-37(2,3)4)17-13-24(30(23)32)22-11-15-26(34(38)41)31(25)29(21)22/h10-17H,5-9,18-20H2,1-4H3. The predicted octanol–water partition coefficient (Wildman–Crippen LogP) is 8.34. The molecular weight excluding hydrogens is 536 g/mol. The van der Waals surface area contributed by atoms with E-state index in [1.807, 2.05) is 55.5 Å². The van der Waals surface area contributed by atoms with E-state index in [-0.39, 0.29) is 23.6 Å². The summed E-state index contributed by atoms with van der Waals surface area (Å²) in [5, 5.41) is 6.80. The maximum Gasteiger partial charge on any atom is 0.261 e. The lowest BCUT2D eigenvalue weighted by Crippen LogP contribution is -2.41. The maximum atomic E-state index is 13.7. The second-order valence-corrected chi connectivity index (χ2v) is 13.4. The quantitative estimate of drug-likeness (QED) is 0.0811. The number of unbranched alkanes of at least 4 members (excludes halogenated alkanes) is 3. The monoisotopic (exact) mass is 572 g/mol. The van der Waals surface area contributed by atoms with Crippen LogP contribution in [0.5, 0.6) is 0 Å². The second-order valence-electron chi connectivity index (χ2n) is 13.4. The molecule has 0 aliphatic carbocycles. The smallest absolute Gasteiger partial charge is 0.261 e. The molecule has 0 saturated carbocycles. The van der Waals surface area contributed by atoms with Gasteiger partial charge in [0, 0.05) is 46.1 Å². The molecule has 2 aliphatic heterocycles. The van der Waals surface area contributed by atoms with E-state index in [9.17, 15) is 19.2 Å². The van der Waals surface area contributed by atoms with Gasteiger partial charge in [0.05, 0.1) is 0 Å². The number of hydrogen-bond acceptors (Lipinski definition) is 4. The topological polar surface area (TPSA) is 74.8 Å². The molecule has 0 aromatic heterocycles. The van der Waals surface area contributed by atoms with Gasteiger partial charge in [-0.05, 0) is 81.3 Å². The highest BCUT2D eigenvalue weighted by atomic mass is 16.2. The van der Waals surface area contributed by atoms with Crippen molar-refractivity contribution in [3.8, 4) is 0 Å². The number of carbonyl (C=O) groups is 4. The van der Waals surface area contributed by atoms with Crippen LogP contribution < -0.4 is 0 Å². The molecule has 4 amide bonds. The molecular formula is C37H36N2O4. The summed E-state index contributed by atoms with van der Waals surface area (Å²) in [6.07, 6.45) is 5.88. The molecule has 43 heavy (non-hydrogen) atoms. The lowest BCUT2D eigenvalue weighted by molar-refractivity contribution is 0.0593. The maximum absolute atomic E-state index is 13.7. The molecule has 6 heteroatoms. The summed E-state index contributed by atoms with van der Waals surface area (Å²) in [4.78, 5) is 57.1. The molecule has 0 radical (unpaired) electrons. The first-order valence-electron chi connectivity index (χ1n) is 15.5. The van der Waals surface area contributed by atoms with E-state index in [0.29, 0.717) is 58.0 Å². The van der Waals surface area contributed by atoms with Crippen LogP contribution in [0, 0.1) is 5.41 Å². The summed E-state index contributed by atoms with van der Waals surface area (Å²) in [6, 6.07) is 15.2. The number of nitrogens with zero attached hydrogens (tertiary/aromatic N) is 2. The zero-order valence-corrected chi connectivity index (χ0v) is 25.3. The summed E-state index contributed by atoms with van der Waals surface area (Å²) in [6.45, 7) is 9.50. The van der Waals surface area contributed by atoms with E-state index >= 15 is 0 Å². The van der Waals surface area contributed by atoms with Gasteiger partial charge in [-0.25, -0.2) is 0 Å². The Morgan fingerprint density at radius 1 is 0.488 bits per heavy atom. The number of fused-ring (bicyclic) bond motifs is 2. The van der Waals surface area contributed by atoms with Gasteiger partial charge < -0.3 is 0 Å². The van der Waals surface area contributed by atoms with E-state index < -0.39 is 0 Å². The Balaban J connectivity index is 1.32.